The van der Waals surface area contributed by atoms with Gasteiger partial charge in [0.15, 0.2) is 0 Å². The van der Waals surface area contributed by atoms with E-state index in [1.807, 2.05) is 0 Å². The van der Waals surface area contributed by atoms with Gasteiger partial charge in [0.2, 0.25) is 0 Å². The molecule has 1 N–H and O–H groups in total. The van der Waals surface area contributed by atoms with Crippen LogP contribution in [-0.4, -0.2) is 17.6 Å². The monoisotopic (exact) mass is 326 g/mol. The molecule has 1 rings (SSSR count). The molecule has 0 bridgehead atoms. The zero-order chi connectivity index (χ0) is 13.8. The quantitative estimate of drug-likeness (QED) is 0.503. The first-order valence-electron chi connectivity index (χ1n) is 5.04. The molecule has 0 amide bonds. The maximum atomic E-state index is 11.9. The second-order valence-corrected chi connectivity index (χ2v) is 4.48. The van der Waals surface area contributed by atoms with Gasteiger partial charge in [-0.2, -0.15) is 13.2 Å². The lowest BCUT2D eigenvalue weighted by molar-refractivity contribution is -0.384. The molecule has 0 aromatic heterocycles. The van der Waals surface area contributed by atoms with Crippen molar-refractivity contribution in [3.05, 3.63) is 32.8 Å². The van der Waals surface area contributed by atoms with E-state index in [-0.39, 0.29) is 24.3 Å². The second-order valence-electron chi connectivity index (χ2n) is 3.56. The zero-order valence-electron chi connectivity index (χ0n) is 9.13. The molecule has 0 aliphatic heterocycles. The SMILES string of the molecule is O=[N+]([O-])c1ccc(Br)cc1NCCCC(F)(F)F. The third kappa shape index (κ3) is 4.91. The van der Waals surface area contributed by atoms with Crippen molar-refractivity contribution < 1.29 is 18.1 Å². The molecule has 0 atom stereocenters. The van der Waals surface area contributed by atoms with Gasteiger partial charge in [0.25, 0.3) is 5.69 Å². The lowest BCUT2D eigenvalue weighted by Gasteiger charge is -2.09. The molecule has 0 saturated carbocycles. The van der Waals surface area contributed by atoms with E-state index in [1.165, 1.54) is 18.2 Å². The molecule has 4 nitrogen and oxygen atoms in total. The first-order chi connectivity index (χ1) is 8.29. The topological polar surface area (TPSA) is 55.2 Å². The summed E-state index contributed by atoms with van der Waals surface area (Å²) in [6, 6.07) is 4.25. The molecular formula is C10H10BrF3N2O2. The maximum absolute atomic E-state index is 11.9. The predicted molar refractivity (Wildman–Crippen MR) is 64.6 cm³/mol. The van der Waals surface area contributed by atoms with Crippen LogP contribution in [0.2, 0.25) is 0 Å². The number of nitro benzene ring substituents is 1. The summed E-state index contributed by atoms with van der Waals surface area (Å²) in [5, 5.41) is 13.3. The van der Waals surface area contributed by atoms with Gasteiger partial charge in [-0.05, 0) is 18.6 Å². The van der Waals surface area contributed by atoms with Gasteiger partial charge in [0.05, 0.1) is 4.92 Å². The Kier molecular flexibility index (Phi) is 4.94. The van der Waals surface area contributed by atoms with Crippen molar-refractivity contribution in [1.29, 1.82) is 0 Å². The molecule has 100 valence electrons. The lowest BCUT2D eigenvalue weighted by Crippen LogP contribution is -2.11. The fourth-order valence-electron chi connectivity index (χ4n) is 1.32. The first-order valence-corrected chi connectivity index (χ1v) is 5.83. The summed E-state index contributed by atoms with van der Waals surface area (Å²) in [5.74, 6) is 0. The fraction of sp³-hybridized carbons (Fsp3) is 0.400. The highest BCUT2D eigenvalue weighted by Crippen LogP contribution is 2.28. The second kappa shape index (κ2) is 6.03. The summed E-state index contributed by atoms with van der Waals surface area (Å²) in [6.07, 6.45) is -5.25. The Labute approximate surface area is 109 Å². The number of rotatable bonds is 5. The Morgan fingerprint density at radius 3 is 2.61 bits per heavy atom. The number of hydrogen-bond acceptors (Lipinski definition) is 3. The molecule has 1 aromatic rings. The average molecular weight is 327 g/mol. The van der Waals surface area contributed by atoms with Crippen molar-refractivity contribution in [2.45, 2.75) is 19.0 Å². The Morgan fingerprint density at radius 2 is 2.06 bits per heavy atom. The Bertz CT molecular complexity index is 438. The number of halogens is 4. The Balaban J connectivity index is 2.61. The molecule has 8 heteroatoms. The van der Waals surface area contributed by atoms with Crippen LogP contribution in [0.25, 0.3) is 0 Å². The molecule has 0 unspecified atom stereocenters. The van der Waals surface area contributed by atoms with Crippen molar-refractivity contribution in [3.8, 4) is 0 Å². The Morgan fingerprint density at radius 1 is 1.39 bits per heavy atom. The van der Waals surface area contributed by atoms with Crippen molar-refractivity contribution in [2.75, 3.05) is 11.9 Å². The van der Waals surface area contributed by atoms with Crippen molar-refractivity contribution in [2.24, 2.45) is 0 Å². The van der Waals surface area contributed by atoms with E-state index in [1.54, 1.807) is 0 Å². The highest BCUT2D eigenvalue weighted by Gasteiger charge is 2.26. The molecule has 0 saturated heterocycles. The van der Waals surface area contributed by atoms with Crippen LogP contribution in [0.5, 0.6) is 0 Å². The maximum Gasteiger partial charge on any atom is 0.389 e. The molecule has 0 spiro atoms. The minimum Gasteiger partial charge on any atom is -0.379 e. The number of benzene rings is 1. The van der Waals surface area contributed by atoms with Gasteiger partial charge in [-0.1, -0.05) is 15.9 Å². The summed E-state index contributed by atoms with van der Waals surface area (Å²) in [4.78, 5) is 10.1. The fourth-order valence-corrected chi connectivity index (χ4v) is 1.68. The largest absolute Gasteiger partial charge is 0.389 e. The smallest absolute Gasteiger partial charge is 0.379 e. The molecular weight excluding hydrogens is 317 g/mol. The predicted octanol–water partition coefficient (Wildman–Crippen LogP) is 4.11. The van der Waals surface area contributed by atoms with E-state index in [0.29, 0.717) is 4.47 Å². The van der Waals surface area contributed by atoms with E-state index in [0.717, 1.165) is 0 Å². The van der Waals surface area contributed by atoms with Crippen LogP contribution < -0.4 is 5.32 Å². The number of nitrogens with one attached hydrogen (secondary N) is 1. The number of nitro groups is 1. The van der Waals surface area contributed by atoms with Crippen molar-refractivity contribution >= 4 is 27.3 Å². The van der Waals surface area contributed by atoms with Crippen LogP contribution >= 0.6 is 15.9 Å². The summed E-state index contributed by atoms with van der Waals surface area (Å²) in [5.41, 5.74) is 0.0433. The molecule has 1 aromatic carbocycles. The number of alkyl halides is 3. The van der Waals surface area contributed by atoms with Gasteiger partial charge in [-0.3, -0.25) is 10.1 Å². The average Bonchev–Trinajstić information content (AvgIpc) is 2.22. The highest BCUT2D eigenvalue weighted by atomic mass is 79.9. The van der Waals surface area contributed by atoms with Crippen molar-refractivity contribution in [3.63, 3.8) is 0 Å². The third-order valence-corrected chi connectivity index (χ3v) is 2.60. The number of anilines is 1. The molecule has 0 aliphatic rings. The minimum absolute atomic E-state index is 0.0246. The summed E-state index contributed by atoms with van der Waals surface area (Å²) >= 11 is 3.14. The van der Waals surface area contributed by atoms with Gasteiger partial charge >= 0.3 is 6.18 Å². The van der Waals surface area contributed by atoms with Crippen molar-refractivity contribution in [1.82, 2.24) is 0 Å². The third-order valence-electron chi connectivity index (χ3n) is 2.11. The van der Waals surface area contributed by atoms with Crippen LogP contribution in [0.3, 0.4) is 0 Å². The zero-order valence-corrected chi connectivity index (χ0v) is 10.7. The Hall–Kier alpha value is -1.31. The van der Waals surface area contributed by atoms with Gasteiger partial charge in [0, 0.05) is 23.5 Å². The minimum atomic E-state index is -4.20. The standard InChI is InChI=1S/C10H10BrF3N2O2/c11-7-2-3-9(16(17)18)8(6-7)15-5-1-4-10(12,13)14/h2-3,6,15H,1,4-5H2. The van der Waals surface area contributed by atoms with Gasteiger partial charge in [0.1, 0.15) is 5.69 Å². The molecule has 0 heterocycles. The molecule has 0 radical (unpaired) electrons. The number of nitrogens with zero attached hydrogens (tertiary/aromatic N) is 1. The van der Waals surface area contributed by atoms with E-state index in [9.17, 15) is 23.3 Å². The van der Waals surface area contributed by atoms with Gasteiger partial charge in [-0.25, -0.2) is 0 Å². The van der Waals surface area contributed by atoms with E-state index in [4.69, 9.17) is 0 Å². The number of hydrogen-bond donors (Lipinski definition) is 1. The van der Waals surface area contributed by atoms with Gasteiger partial charge < -0.3 is 5.32 Å². The van der Waals surface area contributed by atoms with Crippen LogP contribution in [0, 0.1) is 10.1 Å². The molecule has 18 heavy (non-hydrogen) atoms. The summed E-state index contributed by atoms with van der Waals surface area (Å²) in [7, 11) is 0. The van der Waals surface area contributed by atoms with Crippen LogP contribution in [0.4, 0.5) is 24.5 Å². The normalized spacial score (nSPS) is 11.3. The molecule has 0 fully saturated rings. The van der Waals surface area contributed by atoms with Crippen LogP contribution in [-0.2, 0) is 0 Å². The van der Waals surface area contributed by atoms with Crippen LogP contribution in [0.1, 0.15) is 12.8 Å². The van der Waals surface area contributed by atoms with Gasteiger partial charge in [-0.15, -0.1) is 0 Å². The lowest BCUT2D eigenvalue weighted by atomic mass is 10.2. The highest BCUT2D eigenvalue weighted by molar-refractivity contribution is 9.10. The van der Waals surface area contributed by atoms with E-state index < -0.39 is 17.5 Å². The molecule has 0 aliphatic carbocycles. The summed E-state index contributed by atoms with van der Waals surface area (Å²) < 4.78 is 36.3. The van der Waals surface area contributed by atoms with E-state index >= 15 is 0 Å². The van der Waals surface area contributed by atoms with E-state index in [2.05, 4.69) is 21.2 Å². The van der Waals surface area contributed by atoms with Crippen LogP contribution in [0.15, 0.2) is 22.7 Å². The first kappa shape index (κ1) is 14.7. The summed E-state index contributed by atoms with van der Waals surface area (Å²) in [6.45, 7) is 0.0246.